The molecule has 0 N–H and O–H groups in total. The molecule has 1 nitrogen and oxygen atoms in total. The summed E-state index contributed by atoms with van der Waals surface area (Å²) in [7, 11) is 1.42. The third-order valence-electron chi connectivity index (χ3n) is 2.63. The highest BCUT2D eigenvalue weighted by Gasteiger charge is 2.13. The molecule has 0 saturated carbocycles. The first-order chi connectivity index (χ1) is 8.61. The van der Waals surface area contributed by atoms with Gasteiger partial charge in [-0.1, -0.05) is 29.8 Å². The molecule has 2 aromatic rings. The molecule has 1 atom stereocenters. The first kappa shape index (κ1) is 13.2. The molecule has 0 aliphatic rings. The van der Waals surface area contributed by atoms with Gasteiger partial charge in [-0.2, -0.15) is 0 Å². The molecular weight excluding hydrogens is 274 g/mol. The molecule has 0 heterocycles. The number of ether oxygens (including phenoxy) is 1. The maximum atomic E-state index is 13.3. The Kier molecular flexibility index (Phi) is 4.10. The lowest BCUT2D eigenvalue weighted by Crippen LogP contribution is -1.96. The van der Waals surface area contributed by atoms with Gasteiger partial charge in [0.2, 0.25) is 0 Å². The van der Waals surface area contributed by atoms with Crippen LogP contribution in [0.5, 0.6) is 5.75 Å². The van der Waals surface area contributed by atoms with E-state index in [1.165, 1.54) is 13.2 Å². The second kappa shape index (κ2) is 5.59. The van der Waals surface area contributed by atoms with Crippen LogP contribution in [0.15, 0.2) is 42.5 Å². The molecule has 0 aromatic heterocycles. The summed E-state index contributed by atoms with van der Waals surface area (Å²) in [5.74, 6) is -0.215. The summed E-state index contributed by atoms with van der Waals surface area (Å²) < 4.78 is 18.2. The number of halogens is 3. The van der Waals surface area contributed by atoms with E-state index in [1.807, 2.05) is 12.1 Å². The molecule has 0 amide bonds. The summed E-state index contributed by atoms with van der Waals surface area (Å²) in [6, 6.07) is 11.8. The van der Waals surface area contributed by atoms with Crippen LogP contribution in [0.4, 0.5) is 4.39 Å². The van der Waals surface area contributed by atoms with Crippen LogP contribution in [-0.4, -0.2) is 7.11 Å². The van der Waals surface area contributed by atoms with Crippen molar-refractivity contribution in [1.82, 2.24) is 0 Å². The van der Waals surface area contributed by atoms with Gasteiger partial charge in [-0.05, 0) is 35.4 Å². The highest BCUT2D eigenvalue weighted by molar-refractivity contribution is 6.30. The van der Waals surface area contributed by atoms with Crippen LogP contribution in [0.1, 0.15) is 16.5 Å². The molecule has 0 fully saturated rings. The van der Waals surface area contributed by atoms with Crippen LogP contribution in [-0.2, 0) is 0 Å². The first-order valence-electron chi connectivity index (χ1n) is 5.35. The number of benzene rings is 2. The molecular formula is C14H11Cl2FO. The Morgan fingerprint density at radius 2 is 1.67 bits per heavy atom. The van der Waals surface area contributed by atoms with Crippen molar-refractivity contribution in [3.05, 3.63) is 64.4 Å². The van der Waals surface area contributed by atoms with Crippen molar-refractivity contribution < 1.29 is 9.13 Å². The average Bonchev–Trinajstić information content (AvgIpc) is 2.39. The van der Waals surface area contributed by atoms with Crippen LogP contribution in [0.3, 0.4) is 0 Å². The minimum absolute atomic E-state index is 0.187. The topological polar surface area (TPSA) is 9.23 Å². The fourth-order valence-electron chi connectivity index (χ4n) is 1.66. The number of hydrogen-bond donors (Lipinski definition) is 0. The zero-order chi connectivity index (χ0) is 13.1. The lowest BCUT2D eigenvalue weighted by atomic mass is 10.0. The van der Waals surface area contributed by atoms with Gasteiger partial charge in [0.1, 0.15) is 0 Å². The first-order valence-corrected chi connectivity index (χ1v) is 6.16. The van der Waals surface area contributed by atoms with Crippen molar-refractivity contribution in [2.45, 2.75) is 5.38 Å². The van der Waals surface area contributed by atoms with E-state index in [9.17, 15) is 4.39 Å². The molecule has 0 saturated heterocycles. The molecule has 2 aromatic carbocycles. The Morgan fingerprint density at radius 3 is 2.28 bits per heavy atom. The third kappa shape index (κ3) is 2.77. The molecule has 4 heteroatoms. The van der Waals surface area contributed by atoms with Gasteiger partial charge in [0.05, 0.1) is 12.5 Å². The number of rotatable bonds is 3. The quantitative estimate of drug-likeness (QED) is 0.735. The lowest BCUT2D eigenvalue weighted by molar-refractivity contribution is 0.386. The van der Waals surface area contributed by atoms with Crippen LogP contribution >= 0.6 is 23.2 Å². The molecule has 0 bridgehead atoms. The van der Waals surface area contributed by atoms with Crippen molar-refractivity contribution in [3.8, 4) is 5.75 Å². The Labute approximate surface area is 115 Å². The molecule has 0 aliphatic carbocycles. The highest BCUT2D eigenvalue weighted by atomic mass is 35.5. The number of alkyl halides is 1. The molecule has 94 valence electrons. The summed E-state index contributed by atoms with van der Waals surface area (Å²) in [6.45, 7) is 0. The van der Waals surface area contributed by atoms with Crippen LogP contribution in [0, 0.1) is 5.82 Å². The van der Waals surface area contributed by atoms with Gasteiger partial charge in [0.25, 0.3) is 0 Å². The standard InChI is InChI=1S/C14H11Cl2FO/c1-18-13-8-10(4-7-12(13)17)14(16)9-2-5-11(15)6-3-9/h2-8,14H,1H3. The average molecular weight is 285 g/mol. The molecule has 0 radical (unpaired) electrons. The molecule has 0 spiro atoms. The summed E-state index contributed by atoms with van der Waals surface area (Å²) in [5, 5.41) is 0.288. The monoisotopic (exact) mass is 284 g/mol. The van der Waals surface area contributed by atoms with E-state index >= 15 is 0 Å². The summed E-state index contributed by atoms with van der Waals surface area (Å²) in [5.41, 5.74) is 1.67. The van der Waals surface area contributed by atoms with Crippen molar-refractivity contribution in [1.29, 1.82) is 0 Å². The van der Waals surface area contributed by atoms with Gasteiger partial charge in [-0.3, -0.25) is 0 Å². The number of hydrogen-bond acceptors (Lipinski definition) is 1. The second-order valence-electron chi connectivity index (χ2n) is 3.81. The molecule has 1 unspecified atom stereocenters. The fraction of sp³-hybridized carbons (Fsp3) is 0.143. The van der Waals surface area contributed by atoms with Gasteiger partial charge in [-0.25, -0.2) is 4.39 Å². The van der Waals surface area contributed by atoms with E-state index in [0.29, 0.717) is 5.02 Å². The van der Waals surface area contributed by atoms with Crippen molar-refractivity contribution >= 4 is 23.2 Å². The SMILES string of the molecule is COc1cc(C(Cl)c2ccc(Cl)cc2)ccc1F. The van der Waals surface area contributed by atoms with Crippen LogP contribution in [0.25, 0.3) is 0 Å². The van der Waals surface area contributed by atoms with Gasteiger partial charge in [0.15, 0.2) is 11.6 Å². The highest BCUT2D eigenvalue weighted by Crippen LogP contribution is 2.32. The van der Waals surface area contributed by atoms with Gasteiger partial charge in [-0.15, -0.1) is 11.6 Å². The van der Waals surface area contributed by atoms with Gasteiger partial charge >= 0.3 is 0 Å². The van der Waals surface area contributed by atoms with E-state index in [-0.39, 0.29) is 11.1 Å². The molecule has 18 heavy (non-hydrogen) atoms. The zero-order valence-electron chi connectivity index (χ0n) is 9.66. The maximum Gasteiger partial charge on any atom is 0.165 e. The Balaban J connectivity index is 2.33. The van der Waals surface area contributed by atoms with Crippen molar-refractivity contribution in [3.63, 3.8) is 0 Å². The van der Waals surface area contributed by atoms with Gasteiger partial charge < -0.3 is 4.74 Å². The second-order valence-corrected chi connectivity index (χ2v) is 4.68. The summed E-state index contributed by atoms with van der Waals surface area (Å²) in [4.78, 5) is 0. The van der Waals surface area contributed by atoms with Crippen LogP contribution < -0.4 is 4.74 Å². The largest absolute Gasteiger partial charge is 0.494 e. The van der Waals surface area contributed by atoms with E-state index in [2.05, 4.69) is 0 Å². The van der Waals surface area contributed by atoms with Crippen molar-refractivity contribution in [2.75, 3.05) is 7.11 Å². The molecule has 2 rings (SSSR count). The van der Waals surface area contributed by atoms with E-state index < -0.39 is 5.82 Å². The fourth-order valence-corrected chi connectivity index (χ4v) is 2.07. The molecule has 0 aliphatic heterocycles. The summed E-state index contributed by atoms with van der Waals surface area (Å²) >= 11 is 12.2. The smallest absolute Gasteiger partial charge is 0.165 e. The minimum Gasteiger partial charge on any atom is -0.494 e. The third-order valence-corrected chi connectivity index (χ3v) is 3.39. The minimum atomic E-state index is -0.402. The summed E-state index contributed by atoms with van der Waals surface area (Å²) in [6.07, 6.45) is 0. The Hall–Kier alpha value is -1.25. The normalized spacial score (nSPS) is 12.2. The zero-order valence-corrected chi connectivity index (χ0v) is 11.2. The predicted octanol–water partition coefficient (Wildman–Crippen LogP) is 4.82. The Morgan fingerprint density at radius 1 is 1.06 bits per heavy atom. The number of methoxy groups -OCH3 is 1. The lowest BCUT2D eigenvalue weighted by Gasteiger charge is -2.12. The maximum absolute atomic E-state index is 13.3. The van der Waals surface area contributed by atoms with Crippen molar-refractivity contribution in [2.24, 2.45) is 0 Å². The predicted molar refractivity (Wildman–Crippen MR) is 72.1 cm³/mol. The van der Waals surface area contributed by atoms with E-state index in [4.69, 9.17) is 27.9 Å². The van der Waals surface area contributed by atoms with E-state index in [0.717, 1.165) is 11.1 Å². The van der Waals surface area contributed by atoms with Gasteiger partial charge in [0, 0.05) is 5.02 Å². The Bertz CT molecular complexity index is 540. The van der Waals surface area contributed by atoms with E-state index in [1.54, 1.807) is 24.3 Å². The van der Waals surface area contributed by atoms with Crippen LogP contribution in [0.2, 0.25) is 5.02 Å².